The molecule has 1 unspecified atom stereocenters. The zero-order valence-electron chi connectivity index (χ0n) is 13.6. The average Bonchev–Trinajstić information content (AvgIpc) is 2.55. The first-order chi connectivity index (χ1) is 11.2. The topological polar surface area (TPSA) is 77.2 Å². The number of hydrogen-bond acceptors (Lipinski definition) is 4. The smallest absolute Gasteiger partial charge is 0.255 e. The zero-order valence-corrected chi connectivity index (χ0v) is 14.4. The van der Waals surface area contributed by atoms with Crippen molar-refractivity contribution in [1.29, 1.82) is 0 Å². The summed E-state index contributed by atoms with van der Waals surface area (Å²) in [4.78, 5) is 16.4. The zero-order chi connectivity index (χ0) is 16.2. The van der Waals surface area contributed by atoms with Gasteiger partial charge in [0.1, 0.15) is 0 Å². The van der Waals surface area contributed by atoms with Crippen molar-refractivity contribution in [1.82, 2.24) is 4.98 Å². The number of anilines is 1. The Bertz CT molecular complexity index is 721. The Kier molecular flexibility index (Phi) is 6.17. The molecule has 1 heterocycles. The molecular weight excluding hydrogens is 326 g/mol. The van der Waals surface area contributed by atoms with Crippen LogP contribution in [0.4, 0.5) is 5.69 Å². The van der Waals surface area contributed by atoms with Crippen LogP contribution in [0.25, 0.3) is 0 Å². The minimum atomic E-state index is -0.166. The SMILES string of the molecule is CCOc1cc(C(=O)Nc2ccc3c(c2)CCC(N)C3)ccn1.Cl. The first-order valence-electron chi connectivity index (χ1n) is 7.93. The molecule has 0 saturated heterocycles. The van der Waals surface area contributed by atoms with Crippen molar-refractivity contribution in [2.75, 3.05) is 11.9 Å². The van der Waals surface area contributed by atoms with E-state index in [4.69, 9.17) is 10.5 Å². The number of rotatable bonds is 4. The van der Waals surface area contributed by atoms with Gasteiger partial charge in [-0.15, -0.1) is 12.4 Å². The highest BCUT2D eigenvalue weighted by atomic mass is 35.5. The summed E-state index contributed by atoms with van der Waals surface area (Å²) in [6.07, 6.45) is 4.44. The van der Waals surface area contributed by atoms with Gasteiger partial charge in [-0.1, -0.05) is 6.07 Å². The number of amides is 1. The lowest BCUT2D eigenvalue weighted by molar-refractivity contribution is 0.102. The van der Waals surface area contributed by atoms with Crippen molar-refractivity contribution in [3.8, 4) is 5.88 Å². The predicted molar refractivity (Wildman–Crippen MR) is 97.0 cm³/mol. The minimum absolute atomic E-state index is 0. The fraction of sp³-hybridized carbons (Fsp3) is 0.333. The van der Waals surface area contributed by atoms with Crippen molar-refractivity contribution in [2.24, 2.45) is 5.73 Å². The quantitative estimate of drug-likeness (QED) is 0.891. The van der Waals surface area contributed by atoms with Crippen molar-refractivity contribution in [2.45, 2.75) is 32.2 Å². The second-order valence-corrected chi connectivity index (χ2v) is 5.76. The van der Waals surface area contributed by atoms with E-state index in [0.717, 1.165) is 24.9 Å². The molecule has 0 radical (unpaired) electrons. The van der Waals surface area contributed by atoms with E-state index in [1.807, 2.05) is 19.1 Å². The molecule has 3 rings (SSSR count). The lowest BCUT2D eigenvalue weighted by Gasteiger charge is -2.22. The van der Waals surface area contributed by atoms with Crippen LogP contribution in [0.3, 0.4) is 0 Å². The monoisotopic (exact) mass is 347 g/mol. The van der Waals surface area contributed by atoms with E-state index in [9.17, 15) is 4.79 Å². The summed E-state index contributed by atoms with van der Waals surface area (Å²) < 4.78 is 5.33. The summed E-state index contributed by atoms with van der Waals surface area (Å²) in [6.45, 7) is 2.40. The molecule has 6 heteroatoms. The molecule has 1 atom stereocenters. The fourth-order valence-corrected chi connectivity index (χ4v) is 2.84. The number of carbonyl (C=O) groups is 1. The van der Waals surface area contributed by atoms with Gasteiger partial charge in [0.25, 0.3) is 5.91 Å². The van der Waals surface area contributed by atoms with Crippen molar-refractivity contribution in [3.05, 3.63) is 53.2 Å². The predicted octanol–water partition coefficient (Wildman–Crippen LogP) is 2.97. The standard InChI is InChI=1S/C18H21N3O2.ClH/c1-2-23-17-11-14(7-8-20-17)18(22)21-16-6-4-12-9-15(19)5-3-13(12)10-16;/h4,6-8,10-11,15H,2-3,5,9,19H2,1H3,(H,21,22);1H. The van der Waals surface area contributed by atoms with Gasteiger partial charge in [0, 0.05) is 29.6 Å². The number of nitrogens with two attached hydrogens (primary N) is 1. The van der Waals surface area contributed by atoms with Crippen LogP contribution in [0.5, 0.6) is 5.88 Å². The highest BCUT2D eigenvalue weighted by Crippen LogP contribution is 2.24. The summed E-state index contributed by atoms with van der Waals surface area (Å²) in [5.41, 5.74) is 9.89. The number of nitrogens with one attached hydrogen (secondary N) is 1. The molecule has 1 aromatic heterocycles. The number of nitrogens with zero attached hydrogens (tertiary/aromatic N) is 1. The maximum atomic E-state index is 12.4. The van der Waals surface area contributed by atoms with E-state index in [1.165, 1.54) is 11.1 Å². The molecule has 0 fully saturated rings. The van der Waals surface area contributed by atoms with Crippen molar-refractivity contribution < 1.29 is 9.53 Å². The second-order valence-electron chi connectivity index (χ2n) is 5.76. The maximum Gasteiger partial charge on any atom is 0.255 e. The molecule has 5 nitrogen and oxygen atoms in total. The van der Waals surface area contributed by atoms with Crippen molar-refractivity contribution >= 4 is 24.0 Å². The van der Waals surface area contributed by atoms with Gasteiger partial charge in [0.15, 0.2) is 0 Å². The van der Waals surface area contributed by atoms with Gasteiger partial charge in [0.2, 0.25) is 5.88 Å². The van der Waals surface area contributed by atoms with Gasteiger partial charge in [0.05, 0.1) is 6.61 Å². The van der Waals surface area contributed by atoms with E-state index in [1.54, 1.807) is 18.3 Å². The van der Waals surface area contributed by atoms with E-state index in [2.05, 4.69) is 16.4 Å². The number of halogens is 1. The molecule has 1 aliphatic rings. The molecule has 0 bridgehead atoms. The molecular formula is C18H22ClN3O2. The number of pyridine rings is 1. The second kappa shape index (κ2) is 8.13. The maximum absolute atomic E-state index is 12.4. The Morgan fingerprint density at radius 1 is 1.33 bits per heavy atom. The molecule has 2 aromatic rings. The minimum Gasteiger partial charge on any atom is -0.478 e. The normalized spacial score (nSPS) is 15.8. The third-order valence-corrected chi connectivity index (χ3v) is 4.02. The van der Waals surface area contributed by atoms with Crippen LogP contribution in [-0.2, 0) is 12.8 Å². The van der Waals surface area contributed by atoms with Crippen molar-refractivity contribution in [3.63, 3.8) is 0 Å². The number of aromatic nitrogens is 1. The lowest BCUT2D eigenvalue weighted by Crippen LogP contribution is -2.27. The average molecular weight is 348 g/mol. The number of ether oxygens (including phenoxy) is 1. The molecule has 0 aliphatic heterocycles. The summed E-state index contributed by atoms with van der Waals surface area (Å²) in [7, 11) is 0. The molecule has 24 heavy (non-hydrogen) atoms. The first-order valence-corrected chi connectivity index (χ1v) is 7.93. The van der Waals surface area contributed by atoms with E-state index >= 15 is 0 Å². The molecule has 1 aromatic carbocycles. The lowest BCUT2D eigenvalue weighted by atomic mass is 9.88. The van der Waals surface area contributed by atoms with Crippen LogP contribution in [0, 0.1) is 0 Å². The van der Waals surface area contributed by atoms with E-state index in [0.29, 0.717) is 18.1 Å². The number of fused-ring (bicyclic) bond motifs is 1. The number of carbonyl (C=O) groups excluding carboxylic acids is 1. The number of aryl methyl sites for hydroxylation is 1. The molecule has 1 aliphatic carbocycles. The van der Waals surface area contributed by atoms with Gasteiger partial charge in [-0.05, 0) is 55.5 Å². The molecule has 1 amide bonds. The van der Waals surface area contributed by atoms with Gasteiger partial charge in [-0.3, -0.25) is 4.79 Å². The number of hydrogen-bond donors (Lipinski definition) is 2. The van der Waals surface area contributed by atoms with Gasteiger partial charge in [-0.25, -0.2) is 4.98 Å². The highest BCUT2D eigenvalue weighted by molar-refractivity contribution is 6.04. The largest absolute Gasteiger partial charge is 0.478 e. The van der Waals surface area contributed by atoms with Crippen LogP contribution >= 0.6 is 12.4 Å². The Morgan fingerprint density at radius 2 is 2.17 bits per heavy atom. The van der Waals surface area contributed by atoms with Crippen LogP contribution in [0.1, 0.15) is 34.8 Å². The van der Waals surface area contributed by atoms with Crippen LogP contribution < -0.4 is 15.8 Å². The Labute approximate surface area is 148 Å². The first kappa shape index (κ1) is 18.2. The molecule has 3 N–H and O–H groups in total. The third kappa shape index (κ3) is 4.24. The van der Waals surface area contributed by atoms with Crippen LogP contribution in [0.15, 0.2) is 36.5 Å². The van der Waals surface area contributed by atoms with E-state index < -0.39 is 0 Å². The van der Waals surface area contributed by atoms with Gasteiger partial charge >= 0.3 is 0 Å². The molecule has 128 valence electrons. The Balaban J connectivity index is 0.00000208. The summed E-state index contributed by atoms with van der Waals surface area (Å²) in [5.74, 6) is 0.292. The Hall–Kier alpha value is -2.11. The van der Waals surface area contributed by atoms with Gasteiger partial charge in [-0.2, -0.15) is 0 Å². The van der Waals surface area contributed by atoms with Gasteiger partial charge < -0.3 is 15.8 Å². The summed E-state index contributed by atoms with van der Waals surface area (Å²) in [6, 6.07) is 9.60. The summed E-state index contributed by atoms with van der Waals surface area (Å²) >= 11 is 0. The molecule has 0 saturated carbocycles. The number of benzene rings is 1. The third-order valence-electron chi connectivity index (χ3n) is 4.02. The van der Waals surface area contributed by atoms with E-state index in [-0.39, 0.29) is 24.4 Å². The summed E-state index contributed by atoms with van der Waals surface area (Å²) in [5, 5.41) is 2.94. The molecule has 0 spiro atoms. The Morgan fingerprint density at radius 3 is 2.96 bits per heavy atom. The van der Waals surface area contributed by atoms with Crippen LogP contribution in [-0.4, -0.2) is 23.5 Å². The van der Waals surface area contributed by atoms with Crippen LogP contribution in [0.2, 0.25) is 0 Å². The highest BCUT2D eigenvalue weighted by Gasteiger charge is 2.16. The fourth-order valence-electron chi connectivity index (χ4n) is 2.84.